The summed E-state index contributed by atoms with van der Waals surface area (Å²) >= 11 is 0. The van der Waals surface area contributed by atoms with Gasteiger partial charge in [-0.1, -0.05) is 0 Å². The minimum Gasteiger partial charge on any atom is -0.467 e. The fraction of sp³-hybridized carbons (Fsp3) is 0.333. The third kappa shape index (κ3) is 3.58. The van der Waals surface area contributed by atoms with Crippen molar-refractivity contribution in [3.8, 4) is 5.82 Å². The summed E-state index contributed by atoms with van der Waals surface area (Å²) in [6, 6.07) is 9.31. The summed E-state index contributed by atoms with van der Waals surface area (Å²) in [6.45, 7) is 1.93. The molecule has 0 saturated carbocycles. The summed E-state index contributed by atoms with van der Waals surface area (Å²) < 4.78 is 6.92. The Bertz CT molecular complexity index is 829. The first-order chi connectivity index (χ1) is 12.8. The Balaban J connectivity index is 1.37. The van der Waals surface area contributed by atoms with E-state index in [0.29, 0.717) is 18.9 Å². The number of aromatic nitrogens is 4. The molecule has 1 unspecified atom stereocenters. The summed E-state index contributed by atoms with van der Waals surface area (Å²) in [4.78, 5) is 14.6. The monoisotopic (exact) mass is 352 g/mol. The van der Waals surface area contributed by atoms with E-state index in [1.807, 2.05) is 36.5 Å². The van der Waals surface area contributed by atoms with Crippen LogP contribution in [0.5, 0.6) is 0 Å². The van der Waals surface area contributed by atoms with Gasteiger partial charge in [-0.3, -0.25) is 4.79 Å². The quantitative estimate of drug-likeness (QED) is 0.753. The van der Waals surface area contributed by atoms with E-state index in [2.05, 4.69) is 25.5 Å². The lowest BCUT2D eigenvalue weighted by Crippen LogP contribution is -2.43. The Morgan fingerprint density at radius 2 is 2.12 bits per heavy atom. The maximum absolute atomic E-state index is 12.5. The second-order valence-corrected chi connectivity index (χ2v) is 6.28. The van der Waals surface area contributed by atoms with Gasteiger partial charge in [0.25, 0.3) is 0 Å². The first-order valence-corrected chi connectivity index (χ1v) is 8.68. The standard InChI is InChI=1S/C18H20N6O2/c25-18(19-12-15-5-2-11-26-15)14-4-1-9-23(13-14)16-6-7-17(22-21-16)24-10-3-8-20-24/h2-3,5-8,10-11,14H,1,4,9,12-13H2,(H,19,25). The predicted molar refractivity (Wildman–Crippen MR) is 94.6 cm³/mol. The topological polar surface area (TPSA) is 89.1 Å². The van der Waals surface area contributed by atoms with E-state index in [0.717, 1.165) is 31.0 Å². The second kappa shape index (κ2) is 7.38. The molecular weight excluding hydrogens is 332 g/mol. The molecule has 3 aromatic heterocycles. The molecular formula is C18H20N6O2. The largest absolute Gasteiger partial charge is 0.467 e. The fourth-order valence-electron chi connectivity index (χ4n) is 3.14. The highest BCUT2D eigenvalue weighted by atomic mass is 16.3. The fourth-order valence-corrected chi connectivity index (χ4v) is 3.14. The van der Waals surface area contributed by atoms with Crippen molar-refractivity contribution in [2.45, 2.75) is 19.4 Å². The molecule has 0 spiro atoms. The van der Waals surface area contributed by atoms with Crippen LogP contribution < -0.4 is 10.2 Å². The minimum absolute atomic E-state index is 0.0484. The van der Waals surface area contributed by atoms with Crippen molar-refractivity contribution in [1.82, 2.24) is 25.3 Å². The number of hydrogen-bond donors (Lipinski definition) is 1. The molecule has 134 valence electrons. The van der Waals surface area contributed by atoms with Crippen LogP contribution in [0, 0.1) is 5.92 Å². The van der Waals surface area contributed by atoms with Crippen molar-refractivity contribution in [1.29, 1.82) is 0 Å². The van der Waals surface area contributed by atoms with Gasteiger partial charge in [0, 0.05) is 25.5 Å². The van der Waals surface area contributed by atoms with Crippen molar-refractivity contribution >= 4 is 11.7 Å². The molecule has 0 aromatic carbocycles. The van der Waals surface area contributed by atoms with E-state index in [-0.39, 0.29) is 11.8 Å². The minimum atomic E-state index is -0.0636. The summed E-state index contributed by atoms with van der Waals surface area (Å²) in [6.07, 6.45) is 6.95. The summed E-state index contributed by atoms with van der Waals surface area (Å²) in [5.74, 6) is 2.19. The zero-order valence-corrected chi connectivity index (χ0v) is 14.3. The molecule has 4 rings (SSSR count). The molecule has 0 bridgehead atoms. The summed E-state index contributed by atoms with van der Waals surface area (Å²) in [5, 5.41) is 15.6. The Hall–Kier alpha value is -3.16. The maximum Gasteiger partial charge on any atom is 0.225 e. The van der Waals surface area contributed by atoms with Gasteiger partial charge in [-0.25, -0.2) is 4.68 Å². The lowest BCUT2D eigenvalue weighted by molar-refractivity contribution is -0.125. The third-order valence-corrected chi connectivity index (χ3v) is 4.51. The SMILES string of the molecule is O=C(NCc1ccco1)C1CCCN(c2ccc(-n3cccn3)nn2)C1. The van der Waals surface area contributed by atoms with Crippen LogP contribution in [0.25, 0.3) is 5.82 Å². The molecule has 8 nitrogen and oxygen atoms in total. The average Bonchev–Trinajstić information content (AvgIpc) is 3.40. The molecule has 1 aliphatic rings. The summed E-state index contributed by atoms with van der Waals surface area (Å²) in [7, 11) is 0. The van der Waals surface area contributed by atoms with Crippen LogP contribution in [0.3, 0.4) is 0 Å². The van der Waals surface area contributed by atoms with Gasteiger partial charge >= 0.3 is 0 Å². The van der Waals surface area contributed by atoms with Crippen LogP contribution >= 0.6 is 0 Å². The Morgan fingerprint density at radius 3 is 2.85 bits per heavy atom. The van der Waals surface area contributed by atoms with Gasteiger partial charge < -0.3 is 14.6 Å². The number of piperidine rings is 1. The van der Waals surface area contributed by atoms with Gasteiger partial charge in [0.05, 0.1) is 18.7 Å². The Kier molecular flexibility index (Phi) is 4.63. The number of carbonyl (C=O) groups excluding carboxylic acids is 1. The molecule has 1 aliphatic heterocycles. The normalized spacial score (nSPS) is 17.2. The number of nitrogens with one attached hydrogen (secondary N) is 1. The smallest absolute Gasteiger partial charge is 0.225 e. The number of hydrogen-bond acceptors (Lipinski definition) is 6. The molecule has 1 atom stereocenters. The van der Waals surface area contributed by atoms with Gasteiger partial charge in [0.15, 0.2) is 11.6 Å². The lowest BCUT2D eigenvalue weighted by Gasteiger charge is -2.32. The van der Waals surface area contributed by atoms with Gasteiger partial charge in [-0.15, -0.1) is 10.2 Å². The molecule has 4 heterocycles. The van der Waals surface area contributed by atoms with E-state index >= 15 is 0 Å². The third-order valence-electron chi connectivity index (χ3n) is 4.51. The molecule has 0 aliphatic carbocycles. The van der Waals surface area contributed by atoms with Gasteiger partial charge in [0.2, 0.25) is 5.91 Å². The highest BCUT2D eigenvalue weighted by molar-refractivity contribution is 5.79. The lowest BCUT2D eigenvalue weighted by atomic mass is 9.97. The van der Waals surface area contributed by atoms with Gasteiger partial charge in [-0.05, 0) is 43.2 Å². The van der Waals surface area contributed by atoms with Crippen molar-refractivity contribution in [3.05, 3.63) is 54.7 Å². The van der Waals surface area contributed by atoms with Crippen LogP contribution in [0.4, 0.5) is 5.82 Å². The van der Waals surface area contributed by atoms with Crippen molar-refractivity contribution in [2.24, 2.45) is 5.92 Å². The van der Waals surface area contributed by atoms with Gasteiger partial charge in [-0.2, -0.15) is 5.10 Å². The molecule has 1 saturated heterocycles. The van der Waals surface area contributed by atoms with E-state index < -0.39 is 0 Å². The van der Waals surface area contributed by atoms with Crippen LogP contribution in [0.1, 0.15) is 18.6 Å². The second-order valence-electron chi connectivity index (χ2n) is 6.28. The van der Waals surface area contributed by atoms with Crippen LogP contribution in [0.15, 0.2) is 53.4 Å². The number of rotatable bonds is 5. The summed E-state index contributed by atoms with van der Waals surface area (Å²) in [5.41, 5.74) is 0. The van der Waals surface area contributed by atoms with E-state index in [9.17, 15) is 4.79 Å². The van der Waals surface area contributed by atoms with Gasteiger partial charge in [0.1, 0.15) is 5.76 Å². The number of amides is 1. The van der Waals surface area contributed by atoms with Crippen molar-refractivity contribution < 1.29 is 9.21 Å². The highest BCUT2D eigenvalue weighted by Gasteiger charge is 2.26. The number of carbonyl (C=O) groups is 1. The first kappa shape index (κ1) is 16.3. The van der Waals surface area contributed by atoms with Crippen molar-refractivity contribution in [3.63, 3.8) is 0 Å². The number of anilines is 1. The molecule has 1 amide bonds. The molecule has 26 heavy (non-hydrogen) atoms. The maximum atomic E-state index is 12.5. The van der Waals surface area contributed by atoms with Crippen LogP contribution in [0.2, 0.25) is 0 Å². The van der Waals surface area contributed by atoms with E-state index in [1.54, 1.807) is 17.1 Å². The van der Waals surface area contributed by atoms with Crippen molar-refractivity contribution in [2.75, 3.05) is 18.0 Å². The van der Waals surface area contributed by atoms with E-state index in [1.165, 1.54) is 0 Å². The molecule has 1 N–H and O–H groups in total. The molecule has 3 aromatic rings. The van der Waals surface area contributed by atoms with Crippen LogP contribution in [-0.4, -0.2) is 39.0 Å². The first-order valence-electron chi connectivity index (χ1n) is 8.68. The highest BCUT2D eigenvalue weighted by Crippen LogP contribution is 2.22. The zero-order chi connectivity index (χ0) is 17.8. The Labute approximate surface area is 150 Å². The molecule has 8 heteroatoms. The predicted octanol–water partition coefficient (Wildman–Crippen LogP) is 1.79. The Morgan fingerprint density at radius 1 is 1.23 bits per heavy atom. The van der Waals surface area contributed by atoms with E-state index in [4.69, 9.17) is 4.42 Å². The average molecular weight is 352 g/mol. The molecule has 1 fully saturated rings. The zero-order valence-electron chi connectivity index (χ0n) is 14.3. The number of nitrogens with zero attached hydrogens (tertiary/aromatic N) is 5. The molecule has 0 radical (unpaired) electrons. The number of furan rings is 1. The van der Waals surface area contributed by atoms with Crippen LogP contribution in [-0.2, 0) is 11.3 Å².